The van der Waals surface area contributed by atoms with Gasteiger partial charge >= 0.3 is 5.51 Å². The second kappa shape index (κ2) is 7.48. The maximum absolute atomic E-state index is 10.7. The zero-order valence-corrected chi connectivity index (χ0v) is 16.4. The Kier molecular flexibility index (Phi) is 5.55. The molecule has 2 bridgehead atoms. The summed E-state index contributed by atoms with van der Waals surface area (Å²) in [7, 11) is -1.71. The number of benzene rings is 1. The molecule has 4 nitrogen and oxygen atoms in total. The van der Waals surface area contributed by atoms with Crippen molar-refractivity contribution >= 4 is 15.8 Å². The number of halogens is 3. The minimum absolute atomic E-state index is 0.660. The van der Waals surface area contributed by atoms with Crippen molar-refractivity contribution in [2.24, 2.45) is 17.8 Å². The van der Waals surface area contributed by atoms with E-state index in [0.29, 0.717) is 5.92 Å². The summed E-state index contributed by atoms with van der Waals surface area (Å²) in [5, 5.41) is 0. The first-order valence-electron chi connectivity index (χ1n) is 9.05. The molecule has 0 saturated heterocycles. The Morgan fingerprint density at radius 3 is 2.07 bits per heavy atom. The molecule has 0 aromatic heterocycles. The van der Waals surface area contributed by atoms with Crippen LogP contribution in [-0.4, -0.2) is 42.9 Å². The fraction of sp³-hybridized carbons (Fsp3) is 0.450. The Hall–Kier alpha value is -1.93. The zero-order chi connectivity index (χ0) is 20.7. The maximum atomic E-state index is 10.7. The first-order chi connectivity index (χ1) is 13.0. The molecular weight excluding hydrogens is 391 g/mol. The highest BCUT2D eigenvalue weighted by molar-refractivity contribution is 7.86. The first-order valence-corrected chi connectivity index (χ1v) is 10.5. The Bertz CT molecular complexity index is 939. The van der Waals surface area contributed by atoms with Crippen molar-refractivity contribution in [3.05, 3.63) is 59.2 Å². The van der Waals surface area contributed by atoms with Gasteiger partial charge in [-0.15, -0.1) is 0 Å². The third-order valence-corrected chi connectivity index (χ3v) is 5.78. The average Bonchev–Trinajstić information content (AvgIpc) is 3.22. The van der Waals surface area contributed by atoms with Crippen molar-refractivity contribution in [3.63, 3.8) is 0 Å². The van der Waals surface area contributed by atoms with Crippen LogP contribution in [0.4, 0.5) is 13.2 Å². The van der Waals surface area contributed by atoms with Gasteiger partial charge < -0.3 is 4.55 Å². The highest BCUT2D eigenvalue weighted by Gasteiger charge is 2.45. The number of nitrogens with zero attached hydrogens (tertiary/aromatic N) is 1. The quantitative estimate of drug-likeness (QED) is 0.250. The molecule has 0 spiro atoms. The van der Waals surface area contributed by atoms with E-state index in [1.165, 1.54) is 30.5 Å². The van der Waals surface area contributed by atoms with Crippen LogP contribution in [0.5, 0.6) is 0 Å². The summed E-state index contributed by atoms with van der Waals surface area (Å²) < 4.78 is 61.2. The van der Waals surface area contributed by atoms with Gasteiger partial charge in [0.25, 0.3) is 0 Å². The molecule has 28 heavy (non-hydrogen) atoms. The molecule has 0 amide bonds. The van der Waals surface area contributed by atoms with Crippen LogP contribution >= 0.6 is 0 Å². The van der Waals surface area contributed by atoms with E-state index in [9.17, 15) is 13.2 Å². The molecule has 4 rings (SSSR count). The van der Waals surface area contributed by atoms with Crippen LogP contribution in [0, 0.1) is 17.8 Å². The minimum atomic E-state index is -6.09. The zero-order valence-electron chi connectivity index (χ0n) is 15.6. The monoisotopic (exact) mass is 413 g/mol. The van der Waals surface area contributed by atoms with Gasteiger partial charge in [-0.05, 0) is 48.8 Å². The van der Waals surface area contributed by atoms with Gasteiger partial charge in [0.1, 0.15) is 14.1 Å². The van der Waals surface area contributed by atoms with Crippen LogP contribution in [0.1, 0.15) is 24.8 Å². The average molecular weight is 413 g/mol. The Morgan fingerprint density at radius 2 is 1.61 bits per heavy atom. The number of rotatable bonds is 3. The normalized spacial score (nSPS) is 23.5. The summed E-state index contributed by atoms with van der Waals surface area (Å²) in [5.41, 5.74) is 0.588. The Morgan fingerprint density at radius 1 is 1.07 bits per heavy atom. The highest BCUT2D eigenvalue weighted by atomic mass is 32.2. The van der Waals surface area contributed by atoms with Crippen LogP contribution < -0.4 is 0 Å². The van der Waals surface area contributed by atoms with Gasteiger partial charge in [-0.1, -0.05) is 30.4 Å². The van der Waals surface area contributed by atoms with Gasteiger partial charge in [-0.25, -0.2) is 13.0 Å². The molecule has 1 fully saturated rings. The van der Waals surface area contributed by atoms with Gasteiger partial charge in [-0.2, -0.15) is 13.2 Å². The summed E-state index contributed by atoms with van der Waals surface area (Å²) in [4.78, 5) is 0. The summed E-state index contributed by atoms with van der Waals surface area (Å²) in [6.45, 7) is 0. The number of alkyl halides is 3. The molecule has 0 N–H and O–H groups in total. The molecule has 2 atom stereocenters. The molecule has 8 heteroatoms. The second-order valence-electron chi connectivity index (χ2n) is 7.49. The molecule has 0 unspecified atom stereocenters. The number of allylic oxidation sites excluding steroid dienone is 4. The van der Waals surface area contributed by atoms with E-state index in [1.807, 2.05) is 0 Å². The lowest BCUT2D eigenvalue weighted by Crippen LogP contribution is -2.21. The molecule has 0 aliphatic heterocycles. The van der Waals surface area contributed by atoms with E-state index in [2.05, 4.69) is 61.2 Å². The van der Waals surface area contributed by atoms with Gasteiger partial charge in [0.05, 0.1) is 0 Å². The van der Waals surface area contributed by atoms with Crippen molar-refractivity contribution in [2.45, 2.75) is 24.8 Å². The van der Waals surface area contributed by atoms with E-state index in [-0.39, 0.29) is 0 Å². The summed E-state index contributed by atoms with van der Waals surface area (Å²) >= 11 is 0. The summed E-state index contributed by atoms with van der Waals surface area (Å²) in [6, 6.07) is 10.9. The van der Waals surface area contributed by atoms with E-state index in [4.69, 9.17) is 13.0 Å². The Labute approximate surface area is 162 Å². The molecular formula is C20H22F3NO3S. The van der Waals surface area contributed by atoms with Crippen molar-refractivity contribution < 1.29 is 30.7 Å². The molecule has 0 heterocycles. The molecule has 3 aliphatic carbocycles. The molecule has 1 aromatic rings. The van der Waals surface area contributed by atoms with Crippen LogP contribution in [0.3, 0.4) is 0 Å². The fourth-order valence-corrected chi connectivity index (χ4v) is 4.04. The van der Waals surface area contributed by atoms with E-state index in [0.717, 1.165) is 11.8 Å². The minimum Gasteiger partial charge on any atom is -0.741 e. The SMILES string of the molecule is C[N+](C)=C(C1=C(C2CC2)[C@H]2C=C[C@@H]1C2)c1ccccc1.O=S(=O)([O-])C(F)(F)F. The largest absolute Gasteiger partial charge is 0.741 e. The van der Waals surface area contributed by atoms with Crippen LogP contribution in [-0.2, 0) is 10.1 Å². The number of hydrogen-bond acceptors (Lipinski definition) is 3. The van der Waals surface area contributed by atoms with E-state index < -0.39 is 15.6 Å². The van der Waals surface area contributed by atoms with Crippen molar-refractivity contribution in [1.82, 2.24) is 0 Å². The van der Waals surface area contributed by atoms with Crippen LogP contribution in [0.25, 0.3) is 0 Å². The molecule has 1 saturated carbocycles. The molecule has 0 radical (unpaired) electrons. The third-order valence-electron chi connectivity index (χ3n) is 5.22. The summed E-state index contributed by atoms with van der Waals surface area (Å²) in [5.74, 6) is 2.28. The predicted molar refractivity (Wildman–Crippen MR) is 98.9 cm³/mol. The predicted octanol–water partition coefficient (Wildman–Crippen LogP) is 3.71. The maximum Gasteiger partial charge on any atom is 0.485 e. The number of fused-ring (bicyclic) bond motifs is 2. The fourth-order valence-electron chi connectivity index (χ4n) is 4.04. The topological polar surface area (TPSA) is 60.2 Å². The van der Waals surface area contributed by atoms with Crippen molar-refractivity contribution in [2.75, 3.05) is 14.1 Å². The lowest BCUT2D eigenvalue weighted by molar-refractivity contribution is -0.463. The van der Waals surface area contributed by atoms with Crippen LogP contribution in [0.2, 0.25) is 0 Å². The van der Waals surface area contributed by atoms with Gasteiger partial charge in [-0.3, -0.25) is 0 Å². The number of hydrogen-bond donors (Lipinski definition) is 0. The summed E-state index contributed by atoms with van der Waals surface area (Å²) in [6.07, 6.45) is 9.04. The van der Waals surface area contributed by atoms with Gasteiger partial charge in [0.2, 0.25) is 5.71 Å². The standard InChI is InChI=1S/C19H22N.CHF3O3S/c1-20(2)19(14-6-4-3-5-7-14)18-16-11-10-15(12-16)17(18)13-8-9-13;2-1(3,4)8(5,6)7/h3-7,10-11,13,15-16H,8-9,12H2,1-2H3;(H,5,6,7)/q+1;/p-1/t15-,16+;/m0./s1. The smallest absolute Gasteiger partial charge is 0.485 e. The highest BCUT2D eigenvalue weighted by Crippen LogP contribution is 2.53. The van der Waals surface area contributed by atoms with Crippen LogP contribution in [0.15, 0.2) is 53.6 Å². The van der Waals surface area contributed by atoms with E-state index >= 15 is 0 Å². The second-order valence-corrected chi connectivity index (χ2v) is 8.86. The lowest BCUT2D eigenvalue weighted by atomic mass is 9.87. The van der Waals surface area contributed by atoms with Crippen molar-refractivity contribution in [3.8, 4) is 0 Å². The van der Waals surface area contributed by atoms with E-state index in [1.54, 1.807) is 11.1 Å². The Balaban J connectivity index is 0.000000242. The van der Waals surface area contributed by atoms with Gasteiger partial charge in [0.15, 0.2) is 10.1 Å². The third kappa shape index (κ3) is 4.22. The molecule has 3 aliphatic rings. The van der Waals surface area contributed by atoms with Crippen molar-refractivity contribution in [1.29, 1.82) is 0 Å². The van der Waals surface area contributed by atoms with Gasteiger partial charge in [0, 0.05) is 17.1 Å². The lowest BCUT2D eigenvalue weighted by Gasteiger charge is -2.16. The molecule has 152 valence electrons. The molecule has 1 aromatic carbocycles. The first kappa shape index (κ1) is 20.8.